The third-order valence-electron chi connectivity index (χ3n) is 9.84. The minimum Gasteiger partial charge on any atom is -0.384 e. The number of rotatable bonds is 0. The first-order valence-corrected chi connectivity index (χ1v) is 16.1. The van der Waals surface area contributed by atoms with Crippen LogP contribution < -0.4 is 0 Å². The molecule has 0 spiro atoms. The van der Waals surface area contributed by atoms with Crippen molar-refractivity contribution in [1.82, 2.24) is 9.80 Å². The van der Waals surface area contributed by atoms with Crippen molar-refractivity contribution in [1.29, 1.82) is 0 Å². The number of piperidine rings is 2. The van der Waals surface area contributed by atoms with Crippen molar-refractivity contribution in [3.8, 4) is 0 Å². The molecule has 0 bridgehead atoms. The van der Waals surface area contributed by atoms with Crippen molar-refractivity contribution in [2.24, 2.45) is 0 Å². The van der Waals surface area contributed by atoms with E-state index < -0.39 is 6.10 Å². The summed E-state index contributed by atoms with van der Waals surface area (Å²) in [7, 11) is 4.41. The predicted molar refractivity (Wildman–Crippen MR) is 184 cm³/mol. The van der Waals surface area contributed by atoms with Gasteiger partial charge in [-0.3, -0.25) is 0 Å². The average Bonchev–Trinajstić information content (AvgIpc) is 3.24. The lowest BCUT2D eigenvalue weighted by atomic mass is 9.77. The van der Waals surface area contributed by atoms with E-state index in [9.17, 15) is 5.11 Å². The minimum absolute atomic E-state index is 0.511. The molecule has 8 rings (SSSR count). The van der Waals surface area contributed by atoms with E-state index in [1.54, 1.807) is 5.57 Å². The molecule has 0 aromatic heterocycles. The number of hydrogen-bond donors (Lipinski definition) is 1. The third kappa shape index (κ3) is 5.52. The molecule has 0 saturated carbocycles. The molecule has 0 amide bonds. The van der Waals surface area contributed by atoms with Crippen molar-refractivity contribution in [3.63, 3.8) is 0 Å². The quantitative estimate of drug-likeness (QED) is 0.200. The van der Waals surface area contributed by atoms with Crippen molar-refractivity contribution < 1.29 is 5.11 Å². The third-order valence-corrected chi connectivity index (χ3v) is 9.84. The van der Waals surface area contributed by atoms with Crippen LogP contribution in [-0.2, 0) is 0 Å². The Kier molecular flexibility index (Phi) is 8.18. The van der Waals surface area contributed by atoms with Gasteiger partial charge in [0.1, 0.15) is 6.10 Å². The maximum atomic E-state index is 10.7. The van der Waals surface area contributed by atoms with Crippen LogP contribution >= 0.6 is 0 Å². The Morgan fingerprint density at radius 1 is 0.477 bits per heavy atom. The summed E-state index contributed by atoms with van der Waals surface area (Å²) < 4.78 is 0. The van der Waals surface area contributed by atoms with Gasteiger partial charge in [0, 0.05) is 26.2 Å². The smallest absolute Gasteiger partial charge is 0.105 e. The molecule has 3 nitrogen and oxygen atoms in total. The fourth-order valence-corrected chi connectivity index (χ4v) is 7.34. The number of nitrogens with zero attached hydrogens (tertiary/aromatic N) is 2. The molecule has 2 aliphatic carbocycles. The fraction of sp³-hybridized carbons (Fsp3) is 0.268. The topological polar surface area (TPSA) is 26.7 Å². The van der Waals surface area contributed by atoms with Gasteiger partial charge in [0.2, 0.25) is 0 Å². The average molecular weight is 579 g/mol. The molecular weight excluding hydrogens is 536 g/mol. The summed E-state index contributed by atoms with van der Waals surface area (Å²) in [5.74, 6) is 0. The molecular formula is C41H42N2O. The zero-order valence-corrected chi connectivity index (χ0v) is 26.0. The zero-order valence-electron chi connectivity index (χ0n) is 26.0. The summed E-state index contributed by atoms with van der Waals surface area (Å²) in [5, 5.41) is 10.7. The maximum absolute atomic E-state index is 10.7. The van der Waals surface area contributed by atoms with Crippen LogP contribution in [0.2, 0.25) is 0 Å². The molecule has 2 saturated heterocycles. The second kappa shape index (κ2) is 12.5. The van der Waals surface area contributed by atoms with Crippen molar-refractivity contribution >= 4 is 23.3 Å². The van der Waals surface area contributed by atoms with E-state index in [0.717, 1.165) is 50.1 Å². The van der Waals surface area contributed by atoms with Crippen LogP contribution in [0.5, 0.6) is 0 Å². The predicted octanol–water partition coefficient (Wildman–Crippen LogP) is 8.31. The van der Waals surface area contributed by atoms with Gasteiger partial charge in [-0.25, -0.2) is 0 Å². The standard InChI is InChI=1S/C21H21N.C20H21NO/c1-22-14-12-18(13-15-22)21-19-8-4-2-6-16(19)10-11-17-7-3-5-9-20(17)21;1-21-12-10-14(11-13-21)19-15-6-2-4-8-17(15)20(22)18-9-5-3-7-16(18)19/h2-11H,12-15H2,1H3;2-9,20,22H,10-13H2,1H3. The number of hydrogen-bond acceptors (Lipinski definition) is 3. The highest BCUT2D eigenvalue weighted by atomic mass is 16.3. The molecule has 0 radical (unpaired) electrons. The van der Waals surface area contributed by atoms with Crippen LogP contribution in [0.1, 0.15) is 76.3 Å². The Labute approximate surface area is 262 Å². The SMILES string of the molecule is CN1CCC(=C2c3ccccc3C(O)c3ccccc32)CC1.CN1CCC(=C2c3ccccc3C=Cc3ccccc32)CC1. The van der Waals surface area contributed by atoms with Gasteiger partial charge in [-0.2, -0.15) is 0 Å². The molecule has 2 heterocycles. The molecule has 0 unspecified atom stereocenters. The number of likely N-dealkylation sites (tertiary alicyclic amines) is 2. The molecule has 4 aromatic rings. The Hall–Kier alpha value is -4.02. The maximum Gasteiger partial charge on any atom is 0.105 e. The lowest BCUT2D eigenvalue weighted by Gasteiger charge is -2.32. The normalized spacial score (nSPS) is 19.7. The summed E-state index contributed by atoms with van der Waals surface area (Å²) in [4.78, 5) is 4.82. The van der Waals surface area contributed by atoms with Crippen LogP contribution in [-0.4, -0.2) is 55.2 Å². The van der Waals surface area contributed by atoms with Crippen molar-refractivity contribution in [2.75, 3.05) is 40.3 Å². The van der Waals surface area contributed by atoms with Crippen molar-refractivity contribution in [2.45, 2.75) is 31.8 Å². The molecule has 1 N–H and O–H groups in total. The first kappa shape index (κ1) is 28.7. The van der Waals surface area contributed by atoms with E-state index in [-0.39, 0.29) is 0 Å². The molecule has 0 atom stereocenters. The van der Waals surface area contributed by atoms with Crippen LogP contribution in [0.3, 0.4) is 0 Å². The number of fused-ring (bicyclic) bond motifs is 4. The highest BCUT2D eigenvalue weighted by Crippen LogP contribution is 2.44. The fourth-order valence-electron chi connectivity index (χ4n) is 7.34. The lowest BCUT2D eigenvalue weighted by Crippen LogP contribution is -2.27. The summed E-state index contributed by atoms with van der Waals surface area (Å²) in [6, 6.07) is 34.3. The van der Waals surface area contributed by atoms with E-state index in [1.165, 1.54) is 62.9 Å². The summed E-state index contributed by atoms with van der Waals surface area (Å²) in [6.07, 6.45) is 8.59. The zero-order chi connectivity index (χ0) is 30.0. The van der Waals surface area contributed by atoms with E-state index in [4.69, 9.17) is 0 Å². The van der Waals surface area contributed by atoms with E-state index in [2.05, 4.69) is 121 Å². The second-order valence-electron chi connectivity index (χ2n) is 12.6. The minimum atomic E-state index is -0.511. The van der Waals surface area contributed by atoms with Crippen LogP contribution in [0.4, 0.5) is 0 Å². The van der Waals surface area contributed by atoms with Gasteiger partial charge in [-0.05, 0) is 95.4 Å². The summed E-state index contributed by atoms with van der Waals surface area (Å²) in [5.41, 5.74) is 16.0. The molecule has 222 valence electrons. The first-order chi connectivity index (χ1) is 21.6. The molecule has 4 aliphatic rings. The van der Waals surface area contributed by atoms with E-state index in [1.807, 2.05) is 12.1 Å². The van der Waals surface area contributed by atoms with Gasteiger partial charge < -0.3 is 14.9 Å². The van der Waals surface area contributed by atoms with Gasteiger partial charge >= 0.3 is 0 Å². The van der Waals surface area contributed by atoms with Crippen LogP contribution in [0.15, 0.2) is 108 Å². The Bertz CT molecular complexity index is 1660. The van der Waals surface area contributed by atoms with Gasteiger partial charge in [-0.15, -0.1) is 0 Å². The van der Waals surface area contributed by atoms with Crippen LogP contribution in [0.25, 0.3) is 23.3 Å². The van der Waals surface area contributed by atoms with Gasteiger partial charge in [0.05, 0.1) is 0 Å². The van der Waals surface area contributed by atoms with E-state index in [0.29, 0.717) is 0 Å². The summed E-state index contributed by atoms with van der Waals surface area (Å²) in [6.45, 7) is 4.56. The number of aliphatic hydroxyl groups excluding tert-OH is 1. The first-order valence-electron chi connectivity index (χ1n) is 16.1. The number of benzene rings is 4. The van der Waals surface area contributed by atoms with Gasteiger partial charge in [0.15, 0.2) is 0 Å². The van der Waals surface area contributed by atoms with Gasteiger partial charge in [0.25, 0.3) is 0 Å². The molecule has 44 heavy (non-hydrogen) atoms. The highest BCUT2D eigenvalue weighted by Gasteiger charge is 2.29. The van der Waals surface area contributed by atoms with E-state index >= 15 is 0 Å². The monoisotopic (exact) mass is 578 g/mol. The molecule has 2 aliphatic heterocycles. The largest absolute Gasteiger partial charge is 0.384 e. The molecule has 4 aromatic carbocycles. The number of aliphatic hydroxyl groups is 1. The lowest BCUT2D eigenvalue weighted by molar-refractivity contribution is 0.218. The summed E-state index contributed by atoms with van der Waals surface area (Å²) >= 11 is 0. The Morgan fingerprint density at radius 2 is 0.818 bits per heavy atom. The Morgan fingerprint density at radius 3 is 1.25 bits per heavy atom. The second-order valence-corrected chi connectivity index (χ2v) is 12.6. The molecule has 3 heteroatoms. The molecule has 2 fully saturated rings. The van der Waals surface area contributed by atoms with Gasteiger partial charge in [-0.1, -0.05) is 120 Å². The van der Waals surface area contributed by atoms with Crippen molar-refractivity contribution in [3.05, 3.63) is 153 Å². The Balaban J connectivity index is 0.000000142. The van der Waals surface area contributed by atoms with Crippen LogP contribution in [0, 0.1) is 0 Å². The highest BCUT2D eigenvalue weighted by molar-refractivity contribution is 5.95.